The number of ether oxygens (including phenoxy) is 1. The van der Waals surface area contributed by atoms with E-state index < -0.39 is 0 Å². The SMILES string of the molecule is CCC(O)CC(C)OC(C)=O.[CH3-].[Y]. The van der Waals surface area contributed by atoms with Crippen LogP contribution in [-0.4, -0.2) is 23.3 Å². The van der Waals surface area contributed by atoms with E-state index in [4.69, 9.17) is 9.84 Å². The Kier molecular flexibility index (Phi) is 15.6. The van der Waals surface area contributed by atoms with Gasteiger partial charge in [-0.1, -0.05) is 6.92 Å². The van der Waals surface area contributed by atoms with Gasteiger partial charge in [-0.15, -0.1) is 0 Å². The van der Waals surface area contributed by atoms with Gasteiger partial charge in [0.25, 0.3) is 0 Å². The Bertz CT molecular complexity index is 128. The quantitative estimate of drug-likeness (QED) is 0.619. The molecule has 1 radical (unpaired) electrons. The fourth-order valence-corrected chi connectivity index (χ4v) is 0.881. The molecule has 0 aliphatic heterocycles. The van der Waals surface area contributed by atoms with Gasteiger partial charge in [0, 0.05) is 46.1 Å². The summed E-state index contributed by atoms with van der Waals surface area (Å²) in [5.41, 5.74) is 0. The minimum Gasteiger partial charge on any atom is -0.463 e. The maximum absolute atomic E-state index is 10.4. The van der Waals surface area contributed by atoms with E-state index in [0.29, 0.717) is 12.8 Å². The second-order valence-electron chi connectivity index (χ2n) is 2.72. The molecule has 0 heterocycles. The molecule has 3 nitrogen and oxygen atoms in total. The summed E-state index contributed by atoms with van der Waals surface area (Å²) in [5.74, 6) is -0.291. The summed E-state index contributed by atoms with van der Waals surface area (Å²) in [6, 6.07) is 0. The van der Waals surface area contributed by atoms with E-state index in [0.717, 1.165) is 0 Å². The van der Waals surface area contributed by atoms with E-state index in [9.17, 15) is 4.79 Å². The molecule has 0 fully saturated rings. The normalized spacial score (nSPS) is 13.2. The predicted octanol–water partition coefficient (Wildman–Crippen LogP) is 1.55. The van der Waals surface area contributed by atoms with Crippen molar-refractivity contribution in [1.82, 2.24) is 0 Å². The number of rotatable bonds is 4. The van der Waals surface area contributed by atoms with Crippen LogP contribution in [0.15, 0.2) is 0 Å². The van der Waals surface area contributed by atoms with Gasteiger partial charge in [-0.3, -0.25) is 4.79 Å². The molecular weight excluding hydrogens is 245 g/mol. The van der Waals surface area contributed by atoms with Crippen LogP contribution in [-0.2, 0) is 42.2 Å². The van der Waals surface area contributed by atoms with Crippen LogP contribution in [0.3, 0.4) is 0 Å². The first-order chi connectivity index (χ1) is 5.06. The smallest absolute Gasteiger partial charge is 0.302 e. The van der Waals surface area contributed by atoms with Crippen molar-refractivity contribution in [3.05, 3.63) is 7.43 Å². The molecule has 0 bridgehead atoms. The Morgan fingerprint density at radius 2 is 2.00 bits per heavy atom. The Balaban J connectivity index is -0.000000500. The third kappa shape index (κ3) is 12.5. The summed E-state index contributed by atoms with van der Waals surface area (Å²) in [5, 5.41) is 9.15. The Labute approximate surface area is 106 Å². The largest absolute Gasteiger partial charge is 0.463 e. The monoisotopic (exact) mass is 264 g/mol. The summed E-state index contributed by atoms with van der Waals surface area (Å²) >= 11 is 0. The van der Waals surface area contributed by atoms with Gasteiger partial charge in [0.1, 0.15) is 6.10 Å². The van der Waals surface area contributed by atoms with Crippen LogP contribution in [0, 0.1) is 7.43 Å². The number of hydrogen-bond acceptors (Lipinski definition) is 3. The Morgan fingerprint density at radius 1 is 1.54 bits per heavy atom. The Morgan fingerprint density at radius 3 is 2.31 bits per heavy atom. The zero-order valence-electron chi connectivity index (χ0n) is 8.91. The first kappa shape index (κ1) is 19.2. The number of aliphatic hydroxyl groups excluding tert-OH is 1. The zero-order chi connectivity index (χ0) is 8.85. The standard InChI is InChI=1S/C8H16O3.CH3.Y/c1-4-8(10)5-6(2)11-7(3)9;;/h6,8,10H,4-5H2,1-3H3;1H3;/q;-1;. The average molecular weight is 264 g/mol. The van der Waals surface area contributed by atoms with Crippen molar-refractivity contribution in [2.45, 2.75) is 45.8 Å². The molecule has 0 aliphatic rings. The molecule has 4 heteroatoms. The van der Waals surface area contributed by atoms with Crippen LogP contribution in [0.5, 0.6) is 0 Å². The molecule has 0 aromatic heterocycles. The van der Waals surface area contributed by atoms with E-state index in [2.05, 4.69) is 0 Å². The average Bonchev–Trinajstić information content (AvgIpc) is 1.85. The summed E-state index contributed by atoms with van der Waals surface area (Å²) in [4.78, 5) is 10.4. The molecular formula is C9H19O3Y-. The van der Waals surface area contributed by atoms with E-state index in [-0.39, 0.29) is 58.3 Å². The number of esters is 1. The summed E-state index contributed by atoms with van der Waals surface area (Å²) in [7, 11) is 0. The molecule has 0 aliphatic carbocycles. The van der Waals surface area contributed by atoms with Crippen LogP contribution in [0.4, 0.5) is 0 Å². The van der Waals surface area contributed by atoms with Crippen LogP contribution < -0.4 is 0 Å². The minimum absolute atomic E-state index is 0. The molecule has 0 saturated heterocycles. The molecule has 1 N–H and O–H groups in total. The molecule has 0 aromatic rings. The van der Waals surface area contributed by atoms with Gasteiger partial charge in [-0.25, -0.2) is 0 Å². The van der Waals surface area contributed by atoms with Crippen LogP contribution in [0.2, 0.25) is 0 Å². The second kappa shape index (κ2) is 10.6. The van der Waals surface area contributed by atoms with Crippen molar-refractivity contribution in [2.24, 2.45) is 0 Å². The van der Waals surface area contributed by atoms with Crippen LogP contribution in [0.1, 0.15) is 33.6 Å². The fourth-order valence-electron chi connectivity index (χ4n) is 0.881. The third-order valence-electron chi connectivity index (χ3n) is 1.44. The van der Waals surface area contributed by atoms with Crippen molar-refractivity contribution in [3.63, 3.8) is 0 Å². The van der Waals surface area contributed by atoms with Crippen molar-refractivity contribution in [1.29, 1.82) is 0 Å². The van der Waals surface area contributed by atoms with Gasteiger partial charge in [0.15, 0.2) is 0 Å². The molecule has 77 valence electrons. The van der Waals surface area contributed by atoms with Crippen LogP contribution >= 0.6 is 0 Å². The van der Waals surface area contributed by atoms with E-state index in [1.165, 1.54) is 6.92 Å². The van der Waals surface area contributed by atoms with Crippen molar-refractivity contribution < 1.29 is 47.3 Å². The third-order valence-corrected chi connectivity index (χ3v) is 1.44. The van der Waals surface area contributed by atoms with Crippen molar-refractivity contribution in [3.8, 4) is 0 Å². The Hall–Kier alpha value is 0.534. The topological polar surface area (TPSA) is 46.5 Å². The number of aliphatic hydroxyl groups is 1. The van der Waals surface area contributed by atoms with Gasteiger partial charge in [-0.2, -0.15) is 0 Å². The first-order valence-electron chi connectivity index (χ1n) is 3.91. The molecule has 0 aromatic carbocycles. The summed E-state index contributed by atoms with van der Waals surface area (Å²) in [6.07, 6.45) is 0.689. The molecule has 13 heavy (non-hydrogen) atoms. The predicted molar refractivity (Wildman–Crippen MR) is 48.6 cm³/mol. The molecule has 0 saturated carbocycles. The summed E-state index contributed by atoms with van der Waals surface area (Å²) < 4.78 is 4.82. The van der Waals surface area contributed by atoms with E-state index in [1.807, 2.05) is 6.92 Å². The molecule has 2 atom stereocenters. The number of carbonyl (C=O) groups excluding carboxylic acids is 1. The molecule has 0 spiro atoms. The molecule has 2 unspecified atom stereocenters. The minimum atomic E-state index is -0.357. The van der Waals surface area contributed by atoms with Gasteiger partial charge in [-0.05, 0) is 13.3 Å². The van der Waals surface area contributed by atoms with Gasteiger partial charge in [0.05, 0.1) is 6.10 Å². The van der Waals surface area contributed by atoms with E-state index >= 15 is 0 Å². The zero-order valence-corrected chi connectivity index (χ0v) is 11.7. The van der Waals surface area contributed by atoms with Gasteiger partial charge >= 0.3 is 5.97 Å². The fraction of sp³-hybridized carbons (Fsp3) is 0.778. The maximum atomic E-state index is 10.4. The summed E-state index contributed by atoms with van der Waals surface area (Å²) in [6.45, 7) is 5.04. The molecule has 0 amide bonds. The van der Waals surface area contributed by atoms with Gasteiger partial charge in [0.2, 0.25) is 0 Å². The van der Waals surface area contributed by atoms with E-state index in [1.54, 1.807) is 6.92 Å². The van der Waals surface area contributed by atoms with Crippen LogP contribution in [0.25, 0.3) is 0 Å². The van der Waals surface area contributed by atoms with Gasteiger partial charge < -0.3 is 17.3 Å². The molecule has 0 rings (SSSR count). The second-order valence-corrected chi connectivity index (χ2v) is 2.72. The number of carbonyl (C=O) groups is 1. The van der Waals surface area contributed by atoms with Crippen molar-refractivity contribution >= 4 is 5.97 Å². The number of hydrogen-bond donors (Lipinski definition) is 1. The maximum Gasteiger partial charge on any atom is 0.302 e. The van der Waals surface area contributed by atoms with Crippen molar-refractivity contribution in [2.75, 3.05) is 0 Å². The first-order valence-corrected chi connectivity index (χ1v) is 3.91.